The minimum atomic E-state index is -0.147. The first-order valence-corrected chi connectivity index (χ1v) is 12.2. The smallest absolute Gasteiger partial charge is 0.284 e. The number of hydrogen-bond acceptors (Lipinski definition) is 5. The maximum absolute atomic E-state index is 13.3. The summed E-state index contributed by atoms with van der Waals surface area (Å²) in [6, 6.07) is 16.4. The molecule has 168 valence electrons. The zero-order valence-electron chi connectivity index (χ0n) is 17.8. The summed E-state index contributed by atoms with van der Waals surface area (Å²) in [6.07, 6.45) is 3.90. The fourth-order valence-electron chi connectivity index (χ4n) is 4.07. The van der Waals surface area contributed by atoms with Gasteiger partial charge in [-0.25, -0.2) is 4.98 Å². The normalized spacial score (nSPS) is 13.5. The first kappa shape index (κ1) is 21.7. The number of thioether (sulfide) groups is 1. The Labute approximate surface area is 200 Å². The highest BCUT2D eigenvalue weighted by atomic mass is 35.5. The highest BCUT2D eigenvalue weighted by Crippen LogP contribution is 2.30. The first-order valence-electron chi connectivity index (χ1n) is 10.9. The van der Waals surface area contributed by atoms with E-state index in [2.05, 4.69) is 15.0 Å². The van der Waals surface area contributed by atoms with Crippen LogP contribution in [0.25, 0.3) is 17.1 Å². The van der Waals surface area contributed by atoms with Crippen molar-refractivity contribution in [3.63, 3.8) is 0 Å². The lowest BCUT2D eigenvalue weighted by atomic mass is 10.1. The van der Waals surface area contributed by atoms with Crippen LogP contribution in [-0.4, -0.2) is 31.0 Å². The van der Waals surface area contributed by atoms with Gasteiger partial charge in [0, 0.05) is 22.9 Å². The van der Waals surface area contributed by atoms with Gasteiger partial charge in [-0.15, -0.1) is 5.10 Å². The van der Waals surface area contributed by atoms with Crippen molar-refractivity contribution in [1.82, 2.24) is 19.3 Å². The topological polar surface area (TPSA) is 81.8 Å². The van der Waals surface area contributed by atoms with Gasteiger partial charge in [0.2, 0.25) is 5.91 Å². The average Bonchev–Trinajstić information content (AvgIpc) is 2.99. The molecule has 0 bridgehead atoms. The number of carbonyl (C=O) groups is 1. The zero-order valence-corrected chi connectivity index (χ0v) is 19.4. The van der Waals surface area contributed by atoms with Gasteiger partial charge in [-0.2, -0.15) is 4.68 Å². The molecule has 0 aliphatic carbocycles. The van der Waals surface area contributed by atoms with E-state index in [-0.39, 0.29) is 17.2 Å². The molecular weight excluding hydrogens is 458 g/mol. The molecular formula is C24H22ClN5O2S. The molecule has 0 fully saturated rings. The molecule has 3 aliphatic heterocycles. The predicted octanol–water partition coefficient (Wildman–Crippen LogP) is 4.64. The van der Waals surface area contributed by atoms with Gasteiger partial charge in [-0.1, -0.05) is 48.0 Å². The maximum atomic E-state index is 13.3. The van der Waals surface area contributed by atoms with Gasteiger partial charge < -0.3 is 9.88 Å². The van der Waals surface area contributed by atoms with Gasteiger partial charge in [0.1, 0.15) is 5.56 Å². The highest BCUT2D eigenvalue weighted by Gasteiger charge is 2.27. The van der Waals surface area contributed by atoms with E-state index in [1.807, 2.05) is 30.3 Å². The SMILES string of the molecule is O=C(CSc1nc2nn(-c3ccccc3)c(=O)c-2c2n1CCCCC2)Nc1ccc(Cl)cc1. The molecule has 0 saturated carbocycles. The van der Waals surface area contributed by atoms with Crippen LogP contribution in [0.1, 0.15) is 25.0 Å². The summed E-state index contributed by atoms with van der Waals surface area (Å²) >= 11 is 7.28. The minimum Gasteiger partial charge on any atom is -0.325 e. The summed E-state index contributed by atoms with van der Waals surface area (Å²) in [5, 5.41) is 8.75. The molecule has 0 aromatic heterocycles. The first-order chi connectivity index (χ1) is 16.1. The van der Waals surface area contributed by atoms with Crippen molar-refractivity contribution in [2.75, 3.05) is 11.1 Å². The van der Waals surface area contributed by atoms with Crippen LogP contribution in [0.3, 0.4) is 0 Å². The van der Waals surface area contributed by atoms with E-state index in [0.29, 0.717) is 32.9 Å². The van der Waals surface area contributed by atoms with Gasteiger partial charge in [-0.3, -0.25) is 9.59 Å². The second-order valence-electron chi connectivity index (χ2n) is 7.90. The summed E-state index contributed by atoms with van der Waals surface area (Å²) in [7, 11) is 0. The largest absolute Gasteiger partial charge is 0.325 e. The Balaban J connectivity index is 1.47. The maximum Gasteiger partial charge on any atom is 0.284 e. The lowest BCUT2D eigenvalue weighted by Gasteiger charge is -2.17. The average molecular weight is 480 g/mol. The Morgan fingerprint density at radius 3 is 2.64 bits per heavy atom. The number of para-hydroxylation sites is 1. The number of nitrogens with one attached hydrogen (secondary N) is 1. The molecule has 0 saturated heterocycles. The Morgan fingerprint density at radius 1 is 1.06 bits per heavy atom. The third kappa shape index (κ3) is 4.54. The van der Waals surface area contributed by atoms with Crippen molar-refractivity contribution in [3.8, 4) is 17.1 Å². The lowest BCUT2D eigenvalue weighted by Crippen LogP contribution is -2.20. The number of amides is 1. The van der Waals surface area contributed by atoms with Crippen LogP contribution in [0.15, 0.2) is 64.5 Å². The zero-order chi connectivity index (χ0) is 22.8. The predicted molar refractivity (Wildman–Crippen MR) is 131 cm³/mol. The van der Waals surface area contributed by atoms with E-state index in [1.165, 1.54) is 16.4 Å². The van der Waals surface area contributed by atoms with Crippen molar-refractivity contribution in [2.24, 2.45) is 0 Å². The summed E-state index contributed by atoms with van der Waals surface area (Å²) < 4.78 is 3.53. The molecule has 2 aromatic carbocycles. The number of rotatable bonds is 5. The molecule has 2 aromatic rings. The number of aromatic nitrogens is 4. The van der Waals surface area contributed by atoms with Crippen LogP contribution in [-0.2, 0) is 17.8 Å². The Bertz CT molecular complexity index is 1320. The minimum absolute atomic E-state index is 0.133. The highest BCUT2D eigenvalue weighted by molar-refractivity contribution is 7.99. The van der Waals surface area contributed by atoms with E-state index >= 15 is 0 Å². The van der Waals surface area contributed by atoms with Gasteiger partial charge >= 0.3 is 0 Å². The van der Waals surface area contributed by atoms with Gasteiger partial charge in [0.15, 0.2) is 11.0 Å². The molecule has 3 aliphatic rings. The molecule has 1 amide bonds. The third-order valence-electron chi connectivity index (χ3n) is 5.63. The van der Waals surface area contributed by atoms with Crippen LogP contribution >= 0.6 is 23.4 Å². The molecule has 0 unspecified atom stereocenters. The van der Waals surface area contributed by atoms with Crippen molar-refractivity contribution in [3.05, 3.63) is 75.7 Å². The number of nitrogens with zero attached hydrogens (tertiary/aromatic N) is 4. The van der Waals surface area contributed by atoms with Gasteiger partial charge in [0.25, 0.3) is 5.56 Å². The van der Waals surface area contributed by atoms with E-state index < -0.39 is 0 Å². The summed E-state index contributed by atoms with van der Waals surface area (Å²) in [5.74, 6) is 0.494. The number of benzene rings is 2. The van der Waals surface area contributed by atoms with E-state index in [9.17, 15) is 9.59 Å². The molecule has 5 rings (SSSR count). The molecule has 1 N–H and O–H groups in total. The lowest BCUT2D eigenvalue weighted by molar-refractivity contribution is -0.113. The van der Waals surface area contributed by atoms with Crippen LogP contribution in [0, 0.1) is 0 Å². The van der Waals surface area contributed by atoms with Crippen LogP contribution < -0.4 is 10.9 Å². The Kier molecular flexibility index (Phi) is 6.20. The van der Waals surface area contributed by atoms with E-state index in [0.717, 1.165) is 37.9 Å². The van der Waals surface area contributed by atoms with Gasteiger partial charge in [0.05, 0.1) is 11.4 Å². The molecule has 7 nitrogen and oxygen atoms in total. The summed E-state index contributed by atoms with van der Waals surface area (Å²) in [5.41, 5.74) is 2.80. The summed E-state index contributed by atoms with van der Waals surface area (Å²) in [4.78, 5) is 30.6. The molecule has 0 radical (unpaired) electrons. The second-order valence-corrected chi connectivity index (χ2v) is 9.28. The molecule has 9 heteroatoms. The fourth-order valence-corrected chi connectivity index (χ4v) is 5.03. The fraction of sp³-hybridized carbons (Fsp3) is 0.250. The van der Waals surface area contributed by atoms with Crippen molar-refractivity contribution in [2.45, 2.75) is 37.4 Å². The standard InChI is InChI=1S/C24H22ClN5O2S/c25-16-10-12-17(13-11-16)26-20(31)15-33-24-27-22-21(19-9-5-2-6-14-29(19)24)23(32)30(28-22)18-7-3-1-4-8-18/h1,3-4,7-8,10-13H,2,5-6,9,14-15H2,(H,26,31). The second kappa shape index (κ2) is 9.41. The van der Waals surface area contributed by atoms with Crippen LogP contribution in [0.2, 0.25) is 5.02 Å². The number of fused-ring (bicyclic) bond motifs is 3. The number of hydrogen-bond donors (Lipinski definition) is 1. The number of anilines is 1. The van der Waals surface area contributed by atoms with Crippen molar-refractivity contribution < 1.29 is 4.79 Å². The number of carbonyl (C=O) groups excluding carboxylic acids is 1. The van der Waals surface area contributed by atoms with Gasteiger partial charge in [-0.05, 0) is 55.7 Å². The summed E-state index contributed by atoms with van der Waals surface area (Å²) in [6.45, 7) is 0.773. The van der Waals surface area contributed by atoms with Crippen molar-refractivity contribution in [1.29, 1.82) is 0 Å². The quantitative estimate of drug-likeness (QED) is 0.333. The van der Waals surface area contributed by atoms with Crippen LogP contribution in [0.4, 0.5) is 5.69 Å². The van der Waals surface area contributed by atoms with E-state index in [1.54, 1.807) is 24.3 Å². The molecule has 3 heterocycles. The Hall–Kier alpha value is -3.10. The van der Waals surface area contributed by atoms with Crippen molar-refractivity contribution >= 4 is 35.0 Å². The molecule has 0 spiro atoms. The van der Waals surface area contributed by atoms with E-state index in [4.69, 9.17) is 16.6 Å². The third-order valence-corrected chi connectivity index (χ3v) is 6.86. The van der Waals surface area contributed by atoms with Crippen LogP contribution in [0.5, 0.6) is 0 Å². The molecule has 33 heavy (non-hydrogen) atoms. The Morgan fingerprint density at radius 2 is 1.85 bits per heavy atom. The molecule has 0 atom stereocenters. The monoisotopic (exact) mass is 479 g/mol. The number of halogens is 1.